The quantitative estimate of drug-likeness (QED) is 0.801. The Labute approximate surface area is 155 Å². The van der Waals surface area contributed by atoms with E-state index in [0.717, 1.165) is 48.9 Å². The largest absolute Gasteiger partial charge is 0.326 e. The highest BCUT2D eigenvalue weighted by molar-refractivity contribution is 7.92. The number of hydrogen-bond donors (Lipinski definition) is 1. The van der Waals surface area contributed by atoms with Crippen LogP contribution in [-0.4, -0.2) is 25.3 Å². The SMILES string of the molecule is O=C(CCS(=O)(=O)C1CCCC1)Nc1ccccc1Cc1ccccc1. The summed E-state index contributed by atoms with van der Waals surface area (Å²) in [5, 5.41) is 2.64. The first-order valence-electron chi connectivity index (χ1n) is 9.18. The molecule has 1 aliphatic carbocycles. The molecule has 1 N–H and O–H groups in total. The number of carbonyl (C=O) groups excluding carboxylic acids is 1. The summed E-state index contributed by atoms with van der Waals surface area (Å²) < 4.78 is 24.6. The molecule has 0 radical (unpaired) electrons. The summed E-state index contributed by atoms with van der Waals surface area (Å²) in [7, 11) is -3.17. The van der Waals surface area contributed by atoms with Gasteiger partial charge in [-0.15, -0.1) is 0 Å². The van der Waals surface area contributed by atoms with Gasteiger partial charge in [0.1, 0.15) is 0 Å². The van der Waals surface area contributed by atoms with Crippen LogP contribution in [0.15, 0.2) is 54.6 Å². The predicted molar refractivity (Wildman–Crippen MR) is 105 cm³/mol. The van der Waals surface area contributed by atoms with Crippen molar-refractivity contribution in [2.24, 2.45) is 0 Å². The number of amides is 1. The second-order valence-electron chi connectivity index (χ2n) is 6.89. The van der Waals surface area contributed by atoms with E-state index in [2.05, 4.69) is 5.32 Å². The second-order valence-corrected chi connectivity index (χ2v) is 9.29. The monoisotopic (exact) mass is 371 g/mol. The van der Waals surface area contributed by atoms with Crippen LogP contribution < -0.4 is 5.32 Å². The van der Waals surface area contributed by atoms with Gasteiger partial charge < -0.3 is 5.32 Å². The highest BCUT2D eigenvalue weighted by Crippen LogP contribution is 2.26. The van der Waals surface area contributed by atoms with Crippen LogP contribution in [0.1, 0.15) is 43.2 Å². The third-order valence-electron chi connectivity index (χ3n) is 4.95. The number of benzene rings is 2. The number of sulfone groups is 1. The van der Waals surface area contributed by atoms with Gasteiger partial charge >= 0.3 is 0 Å². The topological polar surface area (TPSA) is 63.2 Å². The molecule has 3 rings (SSSR count). The molecule has 4 nitrogen and oxygen atoms in total. The lowest BCUT2D eigenvalue weighted by Crippen LogP contribution is -2.24. The van der Waals surface area contributed by atoms with Crippen molar-refractivity contribution < 1.29 is 13.2 Å². The van der Waals surface area contributed by atoms with Crippen molar-refractivity contribution >= 4 is 21.4 Å². The molecule has 0 spiro atoms. The normalized spacial score (nSPS) is 15.1. The van der Waals surface area contributed by atoms with E-state index in [0.29, 0.717) is 0 Å². The van der Waals surface area contributed by atoms with Crippen LogP contribution in [0.5, 0.6) is 0 Å². The maximum Gasteiger partial charge on any atom is 0.225 e. The lowest BCUT2D eigenvalue weighted by molar-refractivity contribution is -0.115. The van der Waals surface area contributed by atoms with E-state index in [4.69, 9.17) is 0 Å². The molecule has 0 aliphatic heterocycles. The molecule has 0 atom stereocenters. The average Bonchev–Trinajstić information content (AvgIpc) is 3.18. The summed E-state index contributed by atoms with van der Waals surface area (Å²) in [6.07, 6.45) is 4.16. The standard InChI is InChI=1S/C21H25NO3S/c23-21(14-15-26(24,25)19-11-5-6-12-19)22-20-13-7-4-10-18(20)16-17-8-2-1-3-9-17/h1-4,7-10,13,19H,5-6,11-12,14-16H2,(H,22,23). The molecular weight excluding hydrogens is 346 g/mol. The van der Waals surface area contributed by atoms with E-state index in [1.165, 1.54) is 0 Å². The van der Waals surface area contributed by atoms with Crippen molar-refractivity contribution in [3.8, 4) is 0 Å². The molecule has 0 heterocycles. The lowest BCUT2D eigenvalue weighted by Gasteiger charge is -2.13. The number of anilines is 1. The summed E-state index contributed by atoms with van der Waals surface area (Å²) in [5.74, 6) is -0.309. The number of nitrogens with one attached hydrogen (secondary N) is 1. The third-order valence-corrected chi connectivity index (χ3v) is 7.21. The van der Waals surface area contributed by atoms with Crippen LogP contribution in [0.4, 0.5) is 5.69 Å². The summed E-state index contributed by atoms with van der Waals surface area (Å²) in [5.41, 5.74) is 2.93. The summed E-state index contributed by atoms with van der Waals surface area (Å²) in [6.45, 7) is 0. The van der Waals surface area contributed by atoms with Crippen molar-refractivity contribution in [1.29, 1.82) is 0 Å². The van der Waals surface area contributed by atoms with E-state index in [1.54, 1.807) is 0 Å². The minimum atomic E-state index is -3.17. The smallest absolute Gasteiger partial charge is 0.225 e. The summed E-state index contributed by atoms with van der Waals surface area (Å²) >= 11 is 0. The van der Waals surface area contributed by atoms with E-state index in [9.17, 15) is 13.2 Å². The molecule has 26 heavy (non-hydrogen) atoms. The Morgan fingerprint density at radius 3 is 2.35 bits per heavy atom. The minimum absolute atomic E-state index is 0.0124. The van der Waals surface area contributed by atoms with Crippen molar-refractivity contribution in [1.82, 2.24) is 0 Å². The van der Waals surface area contributed by atoms with Gasteiger partial charge in [0.05, 0.1) is 11.0 Å². The summed E-state index contributed by atoms with van der Waals surface area (Å²) in [4.78, 5) is 12.3. The van der Waals surface area contributed by atoms with E-state index >= 15 is 0 Å². The lowest BCUT2D eigenvalue weighted by atomic mass is 10.0. The molecular formula is C21H25NO3S. The van der Waals surface area contributed by atoms with Gasteiger partial charge in [-0.1, -0.05) is 61.4 Å². The molecule has 2 aromatic rings. The molecule has 0 bridgehead atoms. The van der Waals surface area contributed by atoms with Crippen LogP contribution in [0, 0.1) is 0 Å². The van der Waals surface area contributed by atoms with Gasteiger partial charge in [0.25, 0.3) is 0 Å². The van der Waals surface area contributed by atoms with E-state index < -0.39 is 9.84 Å². The van der Waals surface area contributed by atoms with Gasteiger partial charge in [-0.3, -0.25) is 4.79 Å². The van der Waals surface area contributed by atoms with Crippen LogP contribution in [0.3, 0.4) is 0 Å². The Bertz CT molecular complexity index is 841. The maximum absolute atomic E-state index is 12.3. The fourth-order valence-corrected chi connectivity index (χ4v) is 5.33. The molecule has 1 aliphatic rings. The maximum atomic E-state index is 12.3. The van der Waals surface area contributed by atoms with E-state index in [-0.39, 0.29) is 23.3 Å². The van der Waals surface area contributed by atoms with Gasteiger partial charge in [-0.05, 0) is 36.5 Å². The Balaban J connectivity index is 1.61. The predicted octanol–water partition coefficient (Wildman–Crippen LogP) is 3.96. The molecule has 0 aromatic heterocycles. The van der Waals surface area contributed by atoms with Gasteiger partial charge in [-0.2, -0.15) is 0 Å². The first kappa shape index (κ1) is 18.6. The van der Waals surface area contributed by atoms with Crippen molar-refractivity contribution in [3.05, 3.63) is 65.7 Å². The Morgan fingerprint density at radius 2 is 1.62 bits per heavy atom. The molecule has 1 fully saturated rings. The molecule has 2 aromatic carbocycles. The van der Waals surface area contributed by atoms with Gasteiger partial charge in [-0.25, -0.2) is 8.42 Å². The van der Waals surface area contributed by atoms with Gasteiger partial charge in [0, 0.05) is 12.1 Å². The fourth-order valence-electron chi connectivity index (χ4n) is 3.47. The third kappa shape index (κ3) is 4.94. The molecule has 1 saturated carbocycles. The minimum Gasteiger partial charge on any atom is -0.326 e. The van der Waals surface area contributed by atoms with Crippen LogP contribution in [0.2, 0.25) is 0 Å². The average molecular weight is 372 g/mol. The first-order valence-corrected chi connectivity index (χ1v) is 10.9. The second kappa shape index (κ2) is 8.49. The van der Waals surface area contributed by atoms with Crippen LogP contribution in [-0.2, 0) is 21.1 Å². The van der Waals surface area contributed by atoms with Crippen LogP contribution >= 0.6 is 0 Å². The molecule has 0 unspecified atom stereocenters. The number of hydrogen-bond acceptors (Lipinski definition) is 3. The zero-order chi connectivity index (χ0) is 18.4. The van der Waals surface area contributed by atoms with Crippen LogP contribution in [0.25, 0.3) is 0 Å². The van der Waals surface area contributed by atoms with E-state index in [1.807, 2.05) is 54.6 Å². The van der Waals surface area contributed by atoms with Gasteiger partial charge in [0.15, 0.2) is 9.84 Å². The fraction of sp³-hybridized carbons (Fsp3) is 0.381. The van der Waals surface area contributed by atoms with Crippen molar-refractivity contribution in [2.75, 3.05) is 11.1 Å². The Morgan fingerprint density at radius 1 is 0.962 bits per heavy atom. The molecule has 0 saturated heterocycles. The molecule has 138 valence electrons. The zero-order valence-corrected chi connectivity index (χ0v) is 15.7. The van der Waals surface area contributed by atoms with Gasteiger partial charge in [0.2, 0.25) is 5.91 Å². The Hall–Kier alpha value is -2.14. The first-order chi connectivity index (χ1) is 12.5. The highest BCUT2D eigenvalue weighted by atomic mass is 32.2. The number of carbonyl (C=O) groups is 1. The van der Waals surface area contributed by atoms with Crippen molar-refractivity contribution in [3.63, 3.8) is 0 Å². The number of rotatable bonds is 7. The zero-order valence-electron chi connectivity index (χ0n) is 14.9. The number of para-hydroxylation sites is 1. The van der Waals surface area contributed by atoms with Crippen molar-refractivity contribution in [2.45, 2.75) is 43.8 Å². The molecule has 1 amide bonds. The Kier molecular flexibility index (Phi) is 6.09. The molecule has 5 heteroatoms. The highest BCUT2D eigenvalue weighted by Gasteiger charge is 2.28. The summed E-state index contributed by atoms with van der Waals surface area (Å²) in [6, 6.07) is 17.7.